The third-order valence-electron chi connectivity index (χ3n) is 2.49. The molecule has 2 rings (SSSR count). The Balaban J connectivity index is 2.07. The van der Waals surface area contributed by atoms with Crippen LogP contribution < -0.4 is 4.90 Å². The molecule has 2 heterocycles. The summed E-state index contributed by atoms with van der Waals surface area (Å²) in [5.41, 5.74) is 1.19. The molecule has 0 unspecified atom stereocenters. The van der Waals surface area contributed by atoms with Crippen molar-refractivity contribution in [2.45, 2.75) is 13.5 Å². The molecular formula is C12H14N4O2S. The fourth-order valence-electron chi connectivity index (χ4n) is 1.53. The molecule has 2 aromatic rings. The van der Waals surface area contributed by atoms with Crippen molar-refractivity contribution in [2.24, 2.45) is 0 Å². The summed E-state index contributed by atoms with van der Waals surface area (Å²) in [6, 6.07) is 0. The molecule has 0 aromatic carbocycles. The zero-order chi connectivity index (χ0) is 13.8. The number of carbonyl (C=O) groups excluding carboxylic acids is 1. The standard InChI is InChI=1S/C12H14N4O2S/c1-8-15-9(7-19-8)6-16(2)11-5-13-10(4-14-11)12(17)18-3/h4-5,7H,6H2,1-3H3. The maximum atomic E-state index is 11.2. The highest BCUT2D eigenvalue weighted by Crippen LogP contribution is 2.14. The third kappa shape index (κ3) is 3.25. The number of aromatic nitrogens is 3. The van der Waals surface area contributed by atoms with Crippen LogP contribution in [0.15, 0.2) is 17.8 Å². The number of nitrogens with zero attached hydrogens (tertiary/aromatic N) is 4. The molecule has 0 N–H and O–H groups in total. The highest BCUT2D eigenvalue weighted by molar-refractivity contribution is 7.09. The van der Waals surface area contributed by atoms with Gasteiger partial charge in [0.1, 0.15) is 5.82 Å². The third-order valence-corrected chi connectivity index (χ3v) is 3.31. The largest absolute Gasteiger partial charge is 0.464 e. The van der Waals surface area contributed by atoms with E-state index in [1.165, 1.54) is 13.3 Å². The van der Waals surface area contributed by atoms with E-state index in [0.29, 0.717) is 12.4 Å². The molecule has 0 amide bonds. The van der Waals surface area contributed by atoms with Gasteiger partial charge in [-0.3, -0.25) is 0 Å². The molecular weight excluding hydrogens is 264 g/mol. The van der Waals surface area contributed by atoms with Gasteiger partial charge in [0.15, 0.2) is 5.69 Å². The van der Waals surface area contributed by atoms with E-state index in [4.69, 9.17) is 0 Å². The highest BCUT2D eigenvalue weighted by atomic mass is 32.1. The van der Waals surface area contributed by atoms with Crippen molar-refractivity contribution in [3.05, 3.63) is 34.2 Å². The van der Waals surface area contributed by atoms with Gasteiger partial charge in [-0.2, -0.15) is 0 Å². The van der Waals surface area contributed by atoms with Crippen LogP contribution in [0.1, 0.15) is 21.2 Å². The molecule has 0 atom stereocenters. The summed E-state index contributed by atoms with van der Waals surface area (Å²) in [6.45, 7) is 2.62. The van der Waals surface area contributed by atoms with Gasteiger partial charge in [0.2, 0.25) is 0 Å². The first kappa shape index (κ1) is 13.4. The number of hydrogen-bond acceptors (Lipinski definition) is 7. The Labute approximate surface area is 115 Å². The first-order chi connectivity index (χ1) is 9.10. The predicted octanol–water partition coefficient (Wildman–Crippen LogP) is 1.66. The monoisotopic (exact) mass is 278 g/mol. The van der Waals surface area contributed by atoms with E-state index in [2.05, 4.69) is 19.7 Å². The van der Waals surface area contributed by atoms with Crippen molar-refractivity contribution in [2.75, 3.05) is 19.1 Å². The molecule has 19 heavy (non-hydrogen) atoms. The molecule has 100 valence electrons. The minimum atomic E-state index is -0.489. The van der Waals surface area contributed by atoms with Gasteiger partial charge in [0.25, 0.3) is 0 Å². The van der Waals surface area contributed by atoms with Crippen LogP contribution >= 0.6 is 11.3 Å². The predicted molar refractivity (Wildman–Crippen MR) is 72.3 cm³/mol. The summed E-state index contributed by atoms with van der Waals surface area (Å²) >= 11 is 1.62. The first-order valence-corrected chi connectivity index (χ1v) is 6.50. The van der Waals surface area contributed by atoms with Gasteiger partial charge in [0, 0.05) is 12.4 Å². The van der Waals surface area contributed by atoms with Crippen LogP contribution in [0.3, 0.4) is 0 Å². The van der Waals surface area contributed by atoms with E-state index in [1.807, 2.05) is 24.3 Å². The second-order valence-corrected chi connectivity index (χ2v) is 5.03. The van der Waals surface area contributed by atoms with Crippen LogP contribution in [0.4, 0.5) is 5.82 Å². The van der Waals surface area contributed by atoms with Gasteiger partial charge in [0.05, 0.1) is 36.7 Å². The quantitative estimate of drug-likeness (QED) is 0.792. The SMILES string of the molecule is COC(=O)c1cnc(N(C)Cc2csc(C)n2)cn1. The summed E-state index contributed by atoms with van der Waals surface area (Å²) in [7, 11) is 3.21. The number of esters is 1. The molecule has 0 aliphatic carbocycles. The molecule has 7 heteroatoms. The highest BCUT2D eigenvalue weighted by Gasteiger charge is 2.10. The van der Waals surface area contributed by atoms with Crippen LogP contribution in [0.25, 0.3) is 0 Å². The maximum absolute atomic E-state index is 11.2. The second-order valence-electron chi connectivity index (χ2n) is 3.97. The van der Waals surface area contributed by atoms with Crippen LogP contribution in [-0.4, -0.2) is 35.1 Å². The lowest BCUT2D eigenvalue weighted by atomic mass is 10.4. The van der Waals surface area contributed by atoms with Crippen LogP contribution in [0, 0.1) is 6.92 Å². The Hall–Kier alpha value is -2.02. The van der Waals surface area contributed by atoms with Gasteiger partial charge in [-0.15, -0.1) is 11.3 Å². The summed E-state index contributed by atoms with van der Waals surface area (Å²) in [4.78, 5) is 25.8. The maximum Gasteiger partial charge on any atom is 0.358 e. The summed E-state index contributed by atoms with van der Waals surface area (Å²) in [6.07, 6.45) is 2.95. The lowest BCUT2D eigenvalue weighted by Gasteiger charge is -2.16. The number of carbonyl (C=O) groups is 1. The second kappa shape index (κ2) is 5.75. The molecule has 0 saturated carbocycles. The summed E-state index contributed by atoms with van der Waals surface area (Å²) in [5, 5.41) is 3.05. The van der Waals surface area contributed by atoms with Crippen molar-refractivity contribution < 1.29 is 9.53 Å². The van der Waals surface area contributed by atoms with Gasteiger partial charge in [-0.25, -0.2) is 19.7 Å². The van der Waals surface area contributed by atoms with E-state index >= 15 is 0 Å². The number of thiazole rings is 1. The van der Waals surface area contributed by atoms with Crippen molar-refractivity contribution in [1.82, 2.24) is 15.0 Å². The molecule has 0 radical (unpaired) electrons. The average Bonchev–Trinajstić information content (AvgIpc) is 2.83. The van der Waals surface area contributed by atoms with Gasteiger partial charge >= 0.3 is 5.97 Å². The zero-order valence-electron chi connectivity index (χ0n) is 11.0. The lowest BCUT2D eigenvalue weighted by molar-refractivity contribution is 0.0593. The molecule has 2 aromatic heterocycles. The summed E-state index contributed by atoms with van der Waals surface area (Å²) in [5.74, 6) is 0.190. The average molecular weight is 278 g/mol. The number of aryl methyl sites for hydroxylation is 1. The number of anilines is 1. The first-order valence-electron chi connectivity index (χ1n) is 5.62. The lowest BCUT2D eigenvalue weighted by Crippen LogP contribution is -2.18. The minimum Gasteiger partial charge on any atom is -0.464 e. The van der Waals surface area contributed by atoms with Gasteiger partial charge < -0.3 is 9.64 Å². The number of methoxy groups -OCH3 is 1. The molecule has 0 spiro atoms. The van der Waals surface area contributed by atoms with E-state index in [1.54, 1.807) is 17.5 Å². The fourth-order valence-corrected chi connectivity index (χ4v) is 2.14. The topological polar surface area (TPSA) is 68.2 Å². The Morgan fingerprint density at radius 3 is 2.74 bits per heavy atom. The van der Waals surface area contributed by atoms with Crippen LogP contribution in [-0.2, 0) is 11.3 Å². The van der Waals surface area contributed by atoms with Crippen molar-refractivity contribution >= 4 is 23.1 Å². The Morgan fingerprint density at radius 1 is 1.42 bits per heavy atom. The summed E-state index contributed by atoms with van der Waals surface area (Å²) < 4.78 is 4.57. The normalized spacial score (nSPS) is 10.3. The Morgan fingerprint density at radius 2 is 2.21 bits per heavy atom. The zero-order valence-corrected chi connectivity index (χ0v) is 11.8. The van der Waals surface area contributed by atoms with Gasteiger partial charge in [-0.1, -0.05) is 0 Å². The van der Waals surface area contributed by atoms with Gasteiger partial charge in [-0.05, 0) is 6.92 Å². The number of rotatable bonds is 4. The van der Waals surface area contributed by atoms with E-state index in [0.717, 1.165) is 10.7 Å². The number of hydrogen-bond donors (Lipinski definition) is 0. The van der Waals surface area contributed by atoms with E-state index < -0.39 is 5.97 Å². The molecule has 6 nitrogen and oxygen atoms in total. The minimum absolute atomic E-state index is 0.198. The molecule has 0 saturated heterocycles. The smallest absolute Gasteiger partial charge is 0.358 e. The molecule has 0 fully saturated rings. The Kier molecular flexibility index (Phi) is 4.06. The van der Waals surface area contributed by atoms with Crippen LogP contribution in [0.2, 0.25) is 0 Å². The molecule has 0 aliphatic heterocycles. The Bertz CT molecular complexity index is 567. The fraction of sp³-hybridized carbons (Fsp3) is 0.333. The number of ether oxygens (including phenoxy) is 1. The van der Waals surface area contributed by atoms with Crippen molar-refractivity contribution in [1.29, 1.82) is 0 Å². The van der Waals surface area contributed by atoms with Crippen LogP contribution in [0.5, 0.6) is 0 Å². The van der Waals surface area contributed by atoms with E-state index in [9.17, 15) is 4.79 Å². The molecule has 0 aliphatic rings. The van der Waals surface area contributed by atoms with E-state index in [-0.39, 0.29) is 5.69 Å². The van der Waals surface area contributed by atoms with Crippen molar-refractivity contribution in [3.8, 4) is 0 Å². The van der Waals surface area contributed by atoms with Crippen molar-refractivity contribution in [3.63, 3.8) is 0 Å². The molecule has 0 bridgehead atoms.